The van der Waals surface area contributed by atoms with Gasteiger partial charge in [-0.05, 0) is 49.1 Å². The molecule has 1 heterocycles. The summed E-state index contributed by atoms with van der Waals surface area (Å²) in [6, 6.07) is 4.23. The van der Waals surface area contributed by atoms with Gasteiger partial charge in [-0.3, -0.25) is 0 Å². The standard InChI is InChI=1S/C14H21NO/c1-3-11-4-6-12(7-5-11)13-8-9-15-14(10-13)16-2/h8-12H,3-7H2,1-2H3. The molecule has 1 fully saturated rings. The molecule has 0 atom stereocenters. The number of hydrogen-bond acceptors (Lipinski definition) is 2. The summed E-state index contributed by atoms with van der Waals surface area (Å²) >= 11 is 0. The highest BCUT2D eigenvalue weighted by molar-refractivity contribution is 5.24. The third kappa shape index (κ3) is 2.55. The molecule has 1 aromatic rings. The normalized spacial score (nSPS) is 25.4. The second-order valence-corrected chi connectivity index (χ2v) is 4.76. The molecule has 0 saturated heterocycles. The Balaban J connectivity index is 2.02. The van der Waals surface area contributed by atoms with E-state index in [0.717, 1.165) is 17.7 Å². The molecule has 2 rings (SSSR count). The summed E-state index contributed by atoms with van der Waals surface area (Å²) in [5.41, 5.74) is 1.40. The Morgan fingerprint density at radius 3 is 2.69 bits per heavy atom. The van der Waals surface area contributed by atoms with Crippen molar-refractivity contribution in [3.63, 3.8) is 0 Å². The summed E-state index contributed by atoms with van der Waals surface area (Å²) in [7, 11) is 1.68. The first kappa shape index (κ1) is 11.4. The Labute approximate surface area is 98.0 Å². The molecule has 1 aliphatic rings. The van der Waals surface area contributed by atoms with E-state index in [1.807, 2.05) is 6.20 Å². The quantitative estimate of drug-likeness (QED) is 0.772. The number of aromatic nitrogens is 1. The fourth-order valence-corrected chi connectivity index (χ4v) is 2.69. The highest BCUT2D eigenvalue weighted by atomic mass is 16.5. The molecule has 0 spiro atoms. The minimum absolute atomic E-state index is 0.722. The SMILES string of the molecule is CCC1CCC(c2ccnc(OC)c2)CC1. The molecule has 2 nitrogen and oxygen atoms in total. The zero-order chi connectivity index (χ0) is 11.4. The summed E-state index contributed by atoms with van der Waals surface area (Å²) in [6.07, 6.45) is 8.61. The van der Waals surface area contributed by atoms with Gasteiger partial charge in [0, 0.05) is 12.3 Å². The number of rotatable bonds is 3. The van der Waals surface area contributed by atoms with Crippen LogP contribution in [0.15, 0.2) is 18.3 Å². The molecular formula is C14H21NO. The molecule has 88 valence electrons. The number of nitrogens with zero attached hydrogens (tertiary/aromatic N) is 1. The topological polar surface area (TPSA) is 22.1 Å². The molecule has 1 saturated carbocycles. The van der Waals surface area contributed by atoms with E-state index in [9.17, 15) is 0 Å². The number of methoxy groups -OCH3 is 1. The third-order valence-electron chi connectivity index (χ3n) is 3.86. The van der Waals surface area contributed by atoms with Crippen molar-refractivity contribution in [2.24, 2.45) is 5.92 Å². The van der Waals surface area contributed by atoms with Crippen LogP contribution in [-0.4, -0.2) is 12.1 Å². The van der Waals surface area contributed by atoms with Gasteiger partial charge in [0.05, 0.1) is 7.11 Å². The maximum Gasteiger partial charge on any atom is 0.213 e. The Morgan fingerprint density at radius 2 is 2.06 bits per heavy atom. The van der Waals surface area contributed by atoms with Crippen molar-refractivity contribution >= 4 is 0 Å². The average molecular weight is 219 g/mol. The minimum atomic E-state index is 0.722. The molecule has 0 N–H and O–H groups in total. The molecule has 0 aliphatic heterocycles. The number of hydrogen-bond donors (Lipinski definition) is 0. The summed E-state index contributed by atoms with van der Waals surface area (Å²) in [6.45, 7) is 2.31. The Hall–Kier alpha value is -1.05. The van der Waals surface area contributed by atoms with Crippen LogP contribution in [0.2, 0.25) is 0 Å². The van der Waals surface area contributed by atoms with Crippen molar-refractivity contribution in [3.8, 4) is 5.88 Å². The van der Waals surface area contributed by atoms with Crippen LogP contribution in [0, 0.1) is 5.92 Å². The van der Waals surface area contributed by atoms with Gasteiger partial charge in [0.25, 0.3) is 0 Å². The molecule has 0 aromatic carbocycles. The van der Waals surface area contributed by atoms with Crippen LogP contribution >= 0.6 is 0 Å². The van der Waals surface area contributed by atoms with Crippen LogP contribution < -0.4 is 4.74 Å². The molecule has 2 heteroatoms. The smallest absolute Gasteiger partial charge is 0.213 e. The number of pyridine rings is 1. The first-order valence-electron chi connectivity index (χ1n) is 6.33. The van der Waals surface area contributed by atoms with E-state index >= 15 is 0 Å². The molecule has 0 bridgehead atoms. The average Bonchev–Trinajstić information content (AvgIpc) is 2.39. The van der Waals surface area contributed by atoms with Gasteiger partial charge < -0.3 is 4.74 Å². The predicted octanol–water partition coefficient (Wildman–Crippen LogP) is 3.77. The van der Waals surface area contributed by atoms with Crippen molar-refractivity contribution in [2.75, 3.05) is 7.11 Å². The van der Waals surface area contributed by atoms with E-state index in [4.69, 9.17) is 4.74 Å². The van der Waals surface area contributed by atoms with Gasteiger partial charge in [0.2, 0.25) is 5.88 Å². The lowest BCUT2D eigenvalue weighted by molar-refractivity contribution is 0.317. The van der Waals surface area contributed by atoms with Crippen LogP contribution in [0.5, 0.6) is 5.88 Å². The van der Waals surface area contributed by atoms with Crippen molar-refractivity contribution in [1.82, 2.24) is 4.98 Å². The van der Waals surface area contributed by atoms with Gasteiger partial charge in [-0.15, -0.1) is 0 Å². The van der Waals surface area contributed by atoms with Crippen molar-refractivity contribution in [2.45, 2.75) is 44.9 Å². The van der Waals surface area contributed by atoms with E-state index in [1.165, 1.54) is 37.7 Å². The largest absolute Gasteiger partial charge is 0.481 e. The maximum atomic E-state index is 5.18. The summed E-state index contributed by atoms with van der Waals surface area (Å²) in [5.74, 6) is 2.43. The molecule has 0 radical (unpaired) electrons. The van der Waals surface area contributed by atoms with E-state index in [1.54, 1.807) is 7.11 Å². The minimum Gasteiger partial charge on any atom is -0.481 e. The number of ether oxygens (including phenoxy) is 1. The lowest BCUT2D eigenvalue weighted by Gasteiger charge is -2.28. The predicted molar refractivity (Wildman–Crippen MR) is 65.8 cm³/mol. The first-order chi connectivity index (χ1) is 7.83. The molecule has 0 unspecified atom stereocenters. The first-order valence-corrected chi connectivity index (χ1v) is 6.33. The van der Waals surface area contributed by atoms with Crippen LogP contribution in [0.4, 0.5) is 0 Å². The lowest BCUT2D eigenvalue weighted by atomic mass is 9.78. The fourth-order valence-electron chi connectivity index (χ4n) is 2.69. The van der Waals surface area contributed by atoms with E-state index in [2.05, 4.69) is 24.0 Å². The van der Waals surface area contributed by atoms with Gasteiger partial charge in [0.15, 0.2) is 0 Å². The summed E-state index contributed by atoms with van der Waals surface area (Å²) < 4.78 is 5.18. The lowest BCUT2D eigenvalue weighted by Crippen LogP contribution is -2.12. The highest BCUT2D eigenvalue weighted by Crippen LogP contribution is 2.37. The van der Waals surface area contributed by atoms with Crippen LogP contribution in [0.25, 0.3) is 0 Å². The van der Waals surface area contributed by atoms with Crippen LogP contribution in [-0.2, 0) is 0 Å². The third-order valence-corrected chi connectivity index (χ3v) is 3.86. The van der Waals surface area contributed by atoms with Gasteiger partial charge in [-0.25, -0.2) is 4.98 Å². The van der Waals surface area contributed by atoms with E-state index in [0.29, 0.717) is 0 Å². The molecule has 1 aromatic heterocycles. The zero-order valence-corrected chi connectivity index (χ0v) is 10.3. The van der Waals surface area contributed by atoms with Crippen molar-refractivity contribution in [3.05, 3.63) is 23.9 Å². The molecule has 0 amide bonds. The Morgan fingerprint density at radius 1 is 1.31 bits per heavy atom. The van der Waals surface area contributed by atoms with Crippen LogP contribution in [0.3, 0.4) is 0 Å². The van der Waals surface area contributed by atoms with Crippen molar-refractivity contribution < 1.29 is 4.74 Å². The second-order valence-electron chi connectivity index (χ2n) is 4.76. The summed E-state index contributed by atoms with van der Waals surface area (Å²) in [5, 5.41) is 0. The Kier molecular flexibility index (Phi) is 3.81. The maximum absolute atomic E-state index is 5.18. The summed E-state index contributed by atoms with van der Waals surface area (Å²) in [4.78, 5) is 4.16. The fraction of sp³-hybridized carbons (Fsp3) is 0.643. The highest BCUT2D eigenvalue weighted by Gasteiger charge is 2.21. The van der Waals surface area contributed by atoms with Gasteiger partial charge >= 0.3 is 0 Å². The van der Waals surface area contributed by atoms with E-state index in [-0.39, 0.29) is 0 Å². The van der Waals surface area contributed by atoms with Crippen LogP contribution in [0.1, 0.15) is 50.5 Å². The second kappa shape index (κ2) is 5.33. The van der Waals surface area contributed by atoms with Crippen molar-refractivity contribution in [1.29, 1.82) is 0 Å². The Bertz CT molecular complexity index is 329. The van der Waals surface area contributed by atoms with Gasteiger partial charge in [-0.1, -0.05) is 13.3 Å². The molecular weight excluding hydrogens is 198 g/mol. The zero-order valence-electron chi connectivity index (χ0n) is 10.3. The van der Waals surface area contributed by atoms with Gasteiger partial charge in [-0.2, -0.15) is 0 Å². The molecule has 16 heavy (non-hydrogen) atoms. The van der Waals surface area contributed by atoms with E-state index < -0.39 is 0 Å². The molecule has 1 aliphatic carbocycles. The monoisotopic (exact) mass is 219 g/mol. The van der Waals surface area contributed by atoms with Gasteiger partial charge in [0.1, 0.15) is 0 Å².